The average Bonchev–Trinajstić information content (AvgIpc) is 2.91. The Morgan fingerprint density at radius 2 is 1.42 bits per heavy atom. The van der Waals surface area contributed by atoms with Gasteiger partial charge in [0.25, 0.3) is 0 Å². The molecule has 0 fully saturated rings. The third-order valence-corrected chi connectivity index (χ3v) is 5.05. The summed E-state index contributed by atoms with van der Waals surface area (Å²) in [7, 11) is 0. The molecule has 1 aliphatic carbocycles. The number of nitrogens with zero attached hydrogens (tertiary/aromatic N) is 1. The van der Waals surface area contributed by atoms with Crippen molar-refractivity contribution < 1.29 is 4.79 Å². The summed E-state index contributed by atoms with van der Waals surface area (Å²) in [5.41, 5.74) is 8.93. The van der Waals surface area contributed by atoms with E-state index in [1.165, 1.54) is 11.1 Å². The van der Waals surface area contributed by atoms with Crippen molar-refractivity contribution in [1.29, 1.82) is 0 Å². The highest BCUT2D eigenvalue weighted by atomic mass is 16.1. The van der Waals surface area contributed by atoms with Crippen LogP contribution in [-0.4, -0.2) is 10.8 Å². The lowest BCUT2D eigenvalue weighted by atomic mass is 10.0. The van der Waals surface area contributed by atoms with Gasteiger partial charge in [-0.1, -0.05) is 47.5 Å². The van der Waals surface area contributed by atoms with Crippen molar-refractivity contribution in [3.63, 3.8) is 0 Å². The molecule has 0 saturated heterocycles. The van der Waals surface area contributed by atoms with Crippen molar-refractivity contribution in [1.82, 2.24) is 4.98 Å². The molecule has 3 aromatic carbocycles. The van der Waals surface area contributed by atoms with Gasteiger partial charge in [-0.15, -0.1) is 0 Å². The minimum absolute atomic E-state index is 0.0936. The molecule has 2 heteroatoms. The molecule has 0 N–H and O–H groups in total. The third kappa shape index (κ3) is 2.19. The van der Waals surface area contributed by atoms with Gasteiger partial charge in [-0.05, 0) is 55.3 Å². The predicted octanol–water partition coefficient (Wildman–Crippen LogP) is 5.73. The van der Waals surface area contributed by atoms with Crippen LogP contribution in [0.3, 0.4) is 0 Å². The van der Waals surface area contributed by atoms with Gasteiger partial charge in [-0.25, -0.2) is 4.98 Å². The van der Waals surface area contributed by atoms with E-state index in [0.717, 1.165) is 44.4 Å². The summed E-state index contributed by atoms with van der Waals surface area (Å²) in [5.74, 6) is 0.0936. The molecule has 1 heterocycles. The Balaban J connectivity index is 1.71. The summed E-state index contributed by atoms with van der Waals surface area (Å²) in [6, 6.07) is 22.5. The van der Waals surface area contributed by atoms with Crippen LogP contribution < -0.4 is 0 Å². The van der Waals surface area contributed by atoms with E-state index in [1.807, 2.05) is 30.3 Å². The Morgan fingerprint density at radius 3 is 2.19 bits per heavy atom. The molecule has 124 valence electrons. The molecule has 5 rings (SSSR count). The van der Waals surface area contributed by atoms with E-state index < -0.39 is 0 Å². The zero-order valence-corrected chi connectivity index (χ0v) is 14.7. The van der Waals surface area contributed by atoms with Crippen LogP contribution in [0.15, 0.2) is 66.7 Å². The van der Waals surface area contributed by atoms with E-state index in [9.17, 15) is 4.79 Å². The molecule has 26 heavy (non-hydrogen) atoms. The van der Waals surface area contributed by atoms with Crippen LogP contribution in [-0.2, 0) is 0 Å². The van der Waals surface area contributed by atoms with Crippen LogP contribution in [0.5, 0.6) is 0 Å². The summed E-state index contributed by atoms with van der Waals surface area (Å²) >= 11 is 0. The second kappa shape index (κ2) is 5.37. The third-order valence-electron chi connectivity index (χ3n) is 5.05. The first-order valence-electron chi connectivity index (χ1n) is 8.78. The van der Waals surface area contributed by atoms with E-state index in [0.29, 0.717) is 0 Å². The van der Waals surface area contributed by atoms with Crippen LogP contribution in [0.1, 0.15) is 27.0 Å². The topological polar surface area (TPSA) is 30.0 Å². The molecule has 1 aromatic heterocycles. The SMILES string of the molecule is Cc1cc(C)cc(-c2ccc3cc4c(cc3n2)C(=O)c2ccccc2-4)c1. The predicted molar refractivity (Wildman–Crippen MR) is 106 cm³/mol. The molecular formula is C24H17NO. The van der Waals surface area contributed by atoms with Gasteiger partial charge in [0.05, 0.1) is 11.2 Å². The molecular weight excluding hydrogens is 318 g/mol. The maximum absolute atomic E-state index is 12.7. The van der Waals surface area contributed by atoms with E-state index in [2.05, 4.69) is 50.2 Å². The van der Waals surface area contributed by atoms with Crippen molar-refractivity contribution in [2.75, 3.05) is 0 Å². The molecule has 0 unspecified atom stereocenters. The van der Waals surface area contributed by atoms with Gasteiger partial charge in [-0.2, -0.15) is 0 Å². The molecule has 0 saturated carbocycles. The van der Waals surface area contributed by atoms with Crippen molar-refractivity contribution in [2.45, 2.75) is 13.8 Å². The van der Waals surface area contributed by atoms with E-state index in [-0.39, 0.29) is 5.78 Å². The summed E-state index contributed by atoms with van der Waals surface area (Å²) in [6.07, 6.45) is 0. The van der Waals surface area contributed by atoms with E-state index in [1.54, 1.807) is 0 Å². The number of fused-ring (bicyclic) bond motifs is 4. The fraction of sp³-hybridized carbons (Fsp3) is 0.0833. The molecule has 1 aliphatic rings. The summed E-state index contributed by atoms with van der Waals surface area (Å²) in [4.78, 5) is 17.6. The lowest BCUT2D eigenvalue weighted by Crippen LogP contribution is -1.95. The highest BCUT2D eigenvalue weighted by molar-refractivity contribution is 6.23. The average molecular weight is 335 g/mol. The molecule has 0 spiro atoms. The number of ketones is 1. The number of aryl methyl sites for hydroxylation is 2. The zero-order chi connectivity index (χ0) is 17.8. The smallest absolute Gasteiger partial charge is 0.194 e. The first-order chi connectivity index (χ1) is 12.6. The number of carbonyl (C=O) groups is 1. The molecule has 0 aliphatic heterocycles. The lowest BCUT2D eigenvalue weighted by molar-refractivity contribution is 0.104. The van der Waals surface area contributed by atoms with Crippen LogP contribution in [0.25, 0.3) is 33.3 Å². The number of rotatable bonds is 1. The lowest BCUT2D eigenvalue weighted by Gasteiger charge is -2.08. The number of benzene rings is 3. The standard InChI is InChI=1S/C24H17NO/c1-14-9-15(2)11-17(10-14)22-8-7-16-12-20-18-5-3-4-6-19(18)24(26)21(20)13-23(16)25-22/h3-13H,1-2H3. The summed E-state index contributed by atoms with van der Waals surface area (Å²) in [5, 5.41) is 1.06. The molecule has 0 radical (unpaired) electrons. The normalized spacial score (nSPS) is 12.3. The maximum Gasteiger partial charge on any atom is 0.194 e. The van der Waals surface area contributed by atoms with Crippen molar-refractivity contribution >= 4 is 16.7 Å². The molecule has 0 bridgehead atoms. The fourth-order valence-corrected chi connectivity index (χ4v) is 3.93. The van der Waals surface area contributed by atoms with Gasteiger partial charge < -0.3 is 0 Å². The fourth-order valence-electron chi connectivity index (χ4n) is 3.93. The Hall–Kier alpha value is -3.26. The Bertz CT molecular complexity index is 1200. The number of pyridine rings is 1. The van der Waals surface area contributed by atoms with Gasteiger partial charge in [0, 0.05) is 22.1 Å². The highest BCUT2D eigenvalue weighted by Crippen LogP contribution is 2.38. The van der Waals surface area contributed by atoms with Crippen LogP contribution in [0, 0.1) is 13.8 Å². The van der Waals surface area contributed by atoms with Gasteiger partial charge in [0.1, 0.15) is 0 Å². The quantitative estimate of drug-likeness (QED) is 0.391. The number of carbonyl (C=O) groups excluding carboxylic acids is 1. The van der Waals surface area contributed by atoms with Crippen LogP contribution in [0.4, 0.5) is 0 Å². The van der Waals surface area contributed by atoms with Gasteiger partial charge >= 0.3 is 0 Å². The van der Waals surface area contributed by atoms with Gasteiger partial charge in [0.2, 0.25) is 0 Å². The molecule has 0 amide bonds. The number of hydrogen-bond acceptors (Lipinski definition) is 2. The van der Waals surface area contributed by atoms with Gasteiger partial charge in [-0.3, -0.25) is 4.79 Å². The first-order valence-corrected chi connectivity index (χ1v) is 8.78. The largest absolute Gasteiger partial charge is 0.289 e. The Labute approximate surface area is 152 Å². The van der Waals surface area contributed by atoms with E-state index >= 15 is 0 Å². The van der Waals surface area contributed by atoms with Gasteiger partial charge in [0.15, 0.2) is 5.78 Å². The minimum Gasteiger partial charge on any atom is -0.289 e. The second-order valence-corrected chi connectivity index (χ2v) is 7.04. The molecule has 0 atom stereocenters. The highest BCUT2D eigenvalue weighted by Gasteiger charge is 2.26. The molecule has 2 nitrogen and oxygen atoms in total. The van der Waals surface area contributed by atoms with Crippen molar-refractivity contribution in [3.05, 3.63) is 89.0 Å². The van der Waals surface area contributed by atoms with Crippen LogP contribution in [0.2, 0.25) is 0 Å². The monoisotopic (exact) mass is 335 g/mol. The van der Waals surface area contributed by atoms with Crippen molar-refractivity contribution in [3.8, 4) is 22.4 Å². The first kappa shape index (κ1) is 15.0. The number of aromatic nitrogens is 1. The van der Waals surface area contributed by atoms with Crippen molar-refractivity contribution in [2.24, 2.45) is 0 Å². The maximum atomic E-state index is 12.7. The zero-order valence-electron chi connectivity index (χ0n) is 14.7. The summed E-state index contributed by atoms with van der Waals surface area (Å²) in [6.45, 7) is 4.20. The van der Waals surface area contributed by atoms with Crippen LogP contribution >= 0.6 is 0 Å². The van der Waals surface area contributed by atoms with E-state index in [4.69, 9.17) is 4.98 Å². The second-order valence-electron chi connectivity index (χ2n) is 7.04. The number of hydrogen-bond donors (Lipinski definition) is 0. The minimum atomic E-state index is 0.0936. The summed E-state index contributed by atoms with van der Waals surface area (Å²) < 4.78 is 0. The molecule has 4 aromatic rings. The Kier molecular flexibility index (Phi) is 3.10. The Morgan fingerprint density at radius 1 is 0.692 bits per heavy atom.